The van der Waals surface area contributed by atoms with Gasteiger partial charge in [-0.05, 0) is 60.4 Å². The highest BCUT2D eigenvalue weighted by molar-refractivity contribution is 6.31. The predicted molar refractivity (Wildman–Crippen MR) is 135 cm³/mol. The molecule has 6 heteroatoms. The van der Waals surface area contributed by atoms with E-state index in [0.29, 0.717) is 30.8 Å². The quantitative estimate of drug-likeness (QED) is 0.274. The molecule has 0 saturated carbocycles. The summed E-state index contributed by atoms with van der Waals surface area (Å²) < 4.78 is 14.1. The van der Waals surface area contributed by atoms with Crippen molar-refractivity contribution in [2.75, 3.05) is 0 Å². The van der Waals surface area contributed by atoms with Gasteiger partial charge in [0.1, 0.15) is 5.82 Å². The molecular weight excluding hydrogens is 449 g/mol. The van der Waals surface area contributed by atoms with Crippen LogP contribution in [0.1, 0.15) is 24.0 Å². The monoisotopic (exact) mass is 471 g/mol. The SMILES string of the molecule is O=C(CCCc1c(-c2ccc3ccccc3n2)[nH]c2ccc(F)cc12)NCc1ccccc1Cl. The number of nitrogens with zero attached hydrogens (tertiary/aromatic N) is 1. The molecule has 0 saturated heterocycles. The normalized spacial score (nSPS) is 11.2. The second-order valence-corrected chi connectivity index (χ2v) is 8.69. The molecule has 2 N–H and O–H groups in total. The van der Waals surface area contributed by atoms with Gasteiger partial charge >= 0.3 is 0 Å². The van der Waals surface area contributed by atoms with Gasteiger partial charge in [-0.1, -0.05) is 54.1 Å². The molecule has 5 aromatic rings. The molecule has 0 aliphatic heterocycles. The number of aryl methyl sites for hydroxylation is 1. The van der Waals surface area contributed by atoms with Crippen molar-refractivity contribution in [1.29, 1.82) is 0 Å². The second-order valence-electron chi connectivity index (χ2n) is 8.28. The lowest BCUT2D eigenvalue weighted by atomic mass is 10.0. The number of benzene rings is 3. The molecule has 2 aromatic heterocycles. The van der Waals surface area contributed by atoms with E-state index in [1.54, 1.807) is 12.1 Å². The van der Waals surface area contributed by atoms with Gasteiger partial charge in [-0.25, -0.2) is 9.37 Å². The van der Waals surface area contributed by atoms with Crippen molar-refractivity contribution in [2.24, 2.45) is 0 Å². The van der Waals surface area contributed by atoms with Gasteiger partial charge in [0.15, 0.2) is 0 Å². The predicted octanol–water partition coefficient (Wildman–Crippen LogP) is 6.81. The molecule has 34 heavy (non-hydrogen) atoms. The number of hydrogen-bond acceptors (Lipinski definition) is 2. The molecular formula is C28H23ClFN3O. The van der Waals surface area contributed by atoms with E-state index in [4.69, 9.17) is 16.6 Å². The number of pyridine rings is 1. The standard InChI is InChI=1S/C28H23ClFN3O/c29-23-9-3-1-7-19(23)17-31-27(34)11-5-8-21-22-16-20(30)13-15-25(22)33-28(21)26-14-12-18-6-2-4-10-24(18)32-26/h1-4,6-7,9-10,12-16,33H,5,8,11,17H2,(H,31,34). The Kier molecular flexibility index (Phi) is 6.28. The third kappa shape index (κ3) is 4.66. The zero-order valence-electron chi connectivity index (χ0n) is 18.4. The number of halogens is 2. The van der Waals surface area contributed by atoms with Gasteiger partial charge in [-0.15, -0.1) is 0 Å². The summed E-state index contributed by atoms with van der Waals surface area (Å²) in [6, 6.07) is 24.1. The summed E-state index contributed by atoms with van der Waals surface area (Å²) in [7, 11) is 0. The van der Waals surface area contributed by atoms with Crippen molar-refractivity contribution < 1.29 is 9.18 Å². The highest BCUT2D eigenvalue weighted by atomic mass is 35.5. The zero-order chi connectivity index (χ0) is 23.5. The molecule has 4 nitrogen and oxygen atoms in total. The lowest BCUT2D eigenvalue weighted by molar-refractivity contribution is -0.121. The smallest absolute Gasteiger partial charge is 0.220 e. The first-order valence-electron chi connectivity index (χ1n) is 11.2. The van der Waals surface area contributed by atoms with Gasteiger partial charge in [-0.3, -0.25) is 4.79 Å². The van der Waals surface area contributed by atoms with Crippen molar-refractivity contribution in [3.63, 3.8) is 0 Å². The molecule has 1 amide bonds. The van der Waals surface area contributed by atoms with Gasteiger partial charge in [0.25, 0.3) is 0 Å². The Morgan fingerprint density at radius 3 is 2.71 bits per heavy atom. The molecule has 0 radical (unpaired) electrons. The highest BCUT2D eigenvalue weighted by Crippen LogP contribution is 2.32. The first kappa shape index (κ1) is 22.1. The highest BCUT2D eigenvalue weighted by Gasteiger charge is 2.16. The van der Waals surface area contributed by atoms with Crippen LogP contribution in [0.5, 0.6) is 0 Å². The summed E-state index contributed by atoms with van der Waals surface area (Å²) in [5.74, 6) is -0.334. The number of aromatic amines is 1. The van der Waals surface area contributed by atoms with E-state index in [0.717, 1.165) is 44.3 Å². The fraction of sp³-hybridized carbons (Fsp3) is 0.143. The van der Waals surface area contributed by atoms with E-state index < -0.39 is 0 Å². The van der Waals surface area contributed by atoms with Crippen LogP contribution in [-0.2, 0) is 17.8 Å². The molecule has 5 rings (SSSR count). The topological polar surface area (TPSA) is 57.8 Å². The number of rotatable bonds is 7. The number of nitrogens with one attached hydrogen (secondary N) is 2. The lowest BCUT2D eigenvalue weighted by Crippen LogP contribution is -2.22. The van der Waals surface area contributed by atoms with Gasteiger partial charge in [0.2, 0.25) is 5.91 Å². The largest absolute Gasteiger partial charge is 0.353 e. The van der Waals surface area contributed by atoms with E-state index in [9.17, 15) is 9.18 Å². The Balaban J connectivity index is 1.36. The van der Waals surface area contributed by atoms with E-state index in [-0.39, 0.29) is 11.7 Å². The van der Waals surface area contributed by atoms with Gasteiger partial charge in [0, 0.05) is 34.3 Å². The minimum absolute atomic E-state index is 0.0451. The van der Waals surface area contributed by atoms with Gasteiger partial charge in [0.05, 0.1) is 16.9 Å². The van der Waals surface area contributed by atoms with Crippen LogP contribution in [0.25, 0.3) is 33.2 Å². The van der Waals surface area contributed by atoms with Crippen molar-refractivity contribution in [3.05, 3.63) is 101 Å². The first-order chi connectivity index (χ1) is 16.6. The maximum Gasteiger partial charge on any atom is 0.220 e. The third-order valence-corrected chi connectivity index (χ3v) is 6.36. The molecule has 2 heterocycles. The number of amides is 1. The number of aromatic nitrogens is 2. The van der Waals surface area contributed by atoms with Crippen molar-refractivity contribution in [3.8, 4) is 11.4 Å². The Hall–Kier alpha value is -3.70. The van der Waals surface area contributed by atoms with Crippen LogP contribution >= 0.6 is 11.6 Å². The van der Waals surface area contributed by atoms with E-state index >= 15 is 0 Å². The molecule has 3 aromatic carbocycles. The van der Waals surface area contributed by atoms with Crippen molar-refractivity contribution in [2.45, 2.75) is 25.8 Å². The van der Waals surface area contributed by atoms with Gasteiger partial charge < -0.3 is 10.3 Å². The minimum atomic E-state index is -0.289. The van der Waals surface area contributed by atoms with Gasteiger partial charge in [-0.2, -0.15) is 0 Å². The third-order valence-electron chi connectivity index (χ3n) is 5.99. The fourth-order valence-corrected chi connectivity index (χ4v) is 4.46. The van der Waals surface area contributed by atoms with Crippen molar-refractivity contribution in [1.82, 2.24) is 15.3 Å². The van der Waals surface area contributed by atoms with Crippen LogP contribution in [0.3, 0.4) is 0 Å². The molecule has 0 aliphatic carbocycles. The second kappa shape index (κ2) is 9.65. The number of para-hydroxylation sites is 1. The Morgan fingerprint density at radius 1 is 1.00 bits per heavy atom. The van der Waals surface area contributed by atoms with Crippen LogP contribution in [0.2, 0.25) is 5.02 Å². The fourth-order valence-electron chi connectivity index (χ4n) is 4.25. The molecule has 0 unspecified atom stereocenters. The average Bonchev–Trinajstić information content (AvgIpc) is 3.21. The summed E-state index contributed by atoms with van der Waals surface area (Å²) in [5, 5.41) is 5.45. The van der Waals surface area contributed by atoms with E-state index in [2.05, 4.69) is 10.3 Å². The summed E-state index contributed by atoms with van der Waals surface area (Å²) in [6.07, 6.45) is 1.60. The number of H-pyrrole nitrogens is 1. The summed E-state index contributed by atoms with van der Waals surface area (Å²) in [5.41, 5.74) is 5.26. The average molecular weight is 472 g/mol. The maximum atomic E-state index is 14.1. The molecule has 0 aliphatic rings. The van der Waals surface area contributed by atoms with Crippen LogP contribution < -0.4 is 5.32 Å². The van der Waals surface area contributed by atoms with Crippen LogP contribution in [0, 0.1) is 5.82 Å². The molecule has 0 bridgehead atoms. The number of hydrogen-bond donors (Lipinski definition) is 2. The Bertz CT molecular complexity index is 1490. The van der Waals surface area contributed by atoms with E-state index in [1.165, 1.54) is 6.07 Å². The van der Waals surface area contributed by atoms with Crippen molar-refractivity contribution >= 4 is 39.3 Å². The molecule has 0 atom stereocenters. The Labute approximate surface area is 201 Å². The van der Waals surface area contributed by atoms with Crippen LogP contribution in [0.4, 0.5) is 4.39 Å². The zero-order valence-corrected chi connectivity index (χ0v) is 19.2. The molecule has 0 fully saturated rings. The van der Waals surface area contributed by atoms with Crippen LogP contribution in [0.15, 0.2) is 78.9 Å². The maximum absolute atomic E-state index is 14.1. The lowest BCUT2D eigenvalue weighted by Gasteiger charge is -2.08. The molecule has 170 valence electrons. The summed E-state index contributed by atoms with van der Waals surface area (Å²) in [4.78, 5) is 20.7. The molecule has 0 spiro atoms. The minimum Gasteiger partial charge on any atom is -0.353 e. The summed E-state index contributed by atoms with van der Waals surface area (Å²) in [6.45, 7) is 0.392. The Morgan fingerprint density at radius 2 is 1.82 bits per heavy atom. The van der Waals surface area contributed by atoms with E-state index in [1.807, 2.05) is 60.7 Å². The first-order valence-corrected chi connectivity index (χ1v) is 11.6. The number of fused-ring (bicyclic) bond motifs is 2. The summed E-state index contributed by atoms with van der Waals surface area (Å²) >= 11 is 6.17. The van der Waals surface area contributed by atoms with Crippen LogP contribution in [-0.4, -0.2) is 15.9 Å². The number of carbonyl (C=O) groups excluding carboxylic acids is 1. The number of carbonyl (C=O) groups is 1.